The minimum absolute atomic E-state index is 0.734. The molecule has 0 saturated heterocycles. The number of hydrogen-bond donors (Lipinski definition) is 0. The molecule has 0 bridgehead atoms. The van der Waals surface area contributed by atoms with Gasteiger partial charge in [0.15, 0.2) is 0 Å². The van der Waals surface area contributed by atoms with E-state index in [0.29, 0.717) is 0 Å². The second-order valence-corrected chi connectivity index (χ2v) is 17.5. The van der Waals surface area contributed by atoms with Gasteiger partial charge in [-0.2, -0.15) is 0 Å². The van der Waals surface area contributed by atoms with Crippen LogP contribution >= 0.6 is 0 Å². The molecule has 2 heteroatoms. The Morgan fingerprint density at radius 3 is 2.22 bits per heavy atom. The van der Waals surface area contributed by atoms with Crippen molar-refractivity contribution in [3.8, 4) is 11.8 Å². The van der Waals surface area contributed by atoms with Crippen molar-refractivity contribution in [3.63, 3.8) is 0 Å². The summed E-state index contributed by atoms with van der Waals surface area (Å²) in [7, 11) is 0. The van der Waals surface area contributed by atoms with E-state index < -0.39 is 6.68 Å². The molecular formula is C7H14SeSi. The first-order chi connectivity index (χ1) is 4.06. The first-order valence-corrected chi connectivity index (χ1v) is 10.3. The molecule has 0 atom stereocenters. The van der Waals surface area contributed by atoms with Crippen LogP contribution in [0.4, 0.5) is 0 Å². The minimum atomic E-state index is -0.734. The Labute approximate surface area is 65.0 Å². The predicted molar refractivity (Wildman–Crippen MR) is 47.4 cm³/mol. The van der Waals surface area contributed by atoms with Gasteiger partial charge in [-0.25, -0.2) is 0 Å². The second kappa shape index (κ2) is 4.17. The summed E-state index contributed by atoms with van der Waals surface area (Å²) in [6, 6.07) is 0. The van der Waals surface area contributed by atoms with Gasteiger partial charge < -0.3 is 0 Å². The summed E-state index contributed by atoms with van der Waals surface area (Å²) in [5.41, 5.74) is 0. The molecule has 0 amide bonds. The van der Waals surface area contributed by atoms with Crippen LogP contribution in [0.25, 0.3) is 0 Å². The Bertz CT molecular complexity index is 124. The molecule has 0 aliphatic carbocycles. The first-order valence-electron chi connectivity index (χ1n) is 3.10. The monoisotopic (exact) mass is 206 g/mol. The van der Waals surface area contributed by atoms with Gasteiger partial charge in [-0.1, -0.05) is 0 Å². The van der Waals surface area contributed by atoms with E-state index in [1.54, 1.807) is 0 Å². The summed E-state index contributed by atoms with van der Waals surface area (Å²) in [4.78, 5) is 0. The van der Waals surface area contributed by atoms with Gasteiger partial charge in [0, 0.05) is 0 Å². The van der Waals surface area contributed by atoms with Crippen molar-refractivity contribution in [1.29, 1.82) is 0 Å². The Hall–Kier alpha value is 0.296. The van der Waals surface area contributed by atoms with Crippen molar-refractivity contribution in [2.75, 3.05) is 0 Å². The van der Waals surface area contributed by atoms with Crippen molar-refractivity contribution in [3.05, 3.63) is 0 Å². The zero-order valence-electron chi connectivity index (χ0n) is 6.62. The summed E-state index contributed by atoms with van der Waals surface area (Å²) in [5.74, 6) is 6.05. The van der Waals surface area contributed by atoms with Crippen molar-refractivity contribution in [1.82, 2.24) is 0 Å². The van der Waals surface area contributed by atoms with Crippen LogP contribution in [0.5, 0.6) is 0 Å². The second-order valence-electron chi connectivity index (χ2n) is 2.83. The van der Waals surface area contributed by atoms with E-state index in [1.807, 2.05) is 6.92 Å². The Balaban J connectivity index is 3.36. The molecule has 0 aliphatic rings. The van der Waals surface area contributed by atoms with Gasteiger partial charge in [-0.3, -0.25) is 0 Å². The zero-order chi connectivity index (χ0) is 7.33. The molecule has 0 aromatic carbocycles. The van der Waals surface area contributed by atoms with E-state index in [1.165, 1.54) is 5.32 Å². The maximum absolute atomic E-state index is 3.12. The maximum atomic E-state index is 3.12. The van der Waals surface area contributed by atoms with Crippen molar-refractivity contribution >= 4 is 21.0 Å². The van der Waals surface area contributed by atoms with Crippen LogP contribution in [0, 0.1) is 11.8 Å². The molecule has 0 nitrogen and oxygen atoms in total. The first kappa shape index (κ1) is 9.30. The molecule has 0 unspecified atom stereocenters. The van der Waals surface area contributed by atoms with Gasteiger partial charge >= 0.3 is 64.7 Å². The van der Waals surface area contributed by atoms with E-state index in [4.69, 9.17) is 0 Å². The SMILES string of the molecule is CC#CC[Se][Si](C)(C)C. The van der Waals surface area contributed by atoms with Crippen molar-refractivity contribution < 1.29 is 0 Å². The summed E-state index contributed by atoms with van der Waals surface area (Å²) in [6.45, 7) is 8.40. The Kier molecular flexibility index (Phi) is 4.30. The van der Waals surface area contributed by atoms with E-state index in [2.05, 4.69) is 31.5 Å². The third kappa shape index (κ3) is 8.30. The molecule has 0 radical (unpaired) electrons. The van der Waals surface area contributed by atoms with Crippen LogP contribution in [-0.4, -0.2) is 21.0 Å². The molecule has 52 valence electrons. The molecule has 0 saturated carbocycles. The summed E-state index contributed by atoms with van der Waals surface area (Å²) >= 11 is 0.829. The fourth-order valence-electron chi connectivity index (χ4n) is 0.325. The van der Waals surface area contributed by atoms with Crippen LogP contribution in [0.1, 0.15) is 6.92 Å². The van der Waals surface area contributed by atoms with Crippen LogP contribution in [-0.2, 0) is 0 Å². The van der Waals surface area contributed by atoms with Gasteiger partial charge in [0.05, 0.1) is 0 Å². The molecule has 0 rings (SSSR count). The summed E-state index contributed by atoms with van der Waals surface area (Å²) in [5, 5.41) is 1.17. The fraction of sp³-hybridized carbons (Fsp3) is 0.714. The van der Waals surface area contributed by atoms with E-state index in [9.17, 15) is 0 Å². The zero-order valence-corrected chi connectivity index (χ0v) is 9.33. The Morgan fingerprint density at radius 1 is 1.33 bits per heavy atom. The van der Waals surface area contributed by atoms with Gasteiger partial charge in [0.25, 0.3) is 0 Å². The summed E-state index contributed by atoms with van der Waals surface area (Å²) < 4.78 is 0. The van der Waals surface area contributed by atoms with E-state index >= 15 is 0 Å². The number of rotatable bonds is 2. The topological polar surface area (TPSA) is 0 Å². The molecule has 0 aromatic heterocycles. The average molecular weight is 205 g/mol. The third-order valence-corrected chi connectivity index (χ3v) is 8.43. The van der Waals surface area contributed by atoms with Crippen LogP contribution in [0.2, 0.25) is 25.0 Å². The fourth-order valence-corrected chi connectivity index (χ4v) is 4.31. The molecule has 0 spiro atoms. The van der Waals surface area contributed by atoms with Crippen LogP contribution < -0.4 is 0 Å². The van der Waals surface area contributed by atoms with Crippen LogP contribution in [0.3, 0.4) is 0 Å². The Morgan fingerprint density at radius 2 is 1.89 bits per heavy atom. The normalized spacial score (nSPS) is 10.2. The standard InChI is InChI=1S/C7H14SeSi/c1-5-6-7-8-9(2,3)4/h7H2,1-4H3. The quantitative estimate of drug-likeness (QED) is 0.477. The van der Waals surface area contributed by atoms with Crippen molar-refractivity contribution in [2.24, 2.45) is 0 Å². The molecule has 0 aromatic rings. The molecule has 0 fully saturated rings. The summed E-state index contributed by atoms with van der Waals surface area (Å²) in [6.07, 6.45) is 0. The molecule has 0 heterocycles. The molecule has 0 aliphatic heterocycles. The molecular weight excluding hydrogens is 191 g/mol. The number of hydrogen-bond acceptors (Lipinski definition) is 0. The van der Waals surface area contributed by atoms with E-state index in [-0.39, 0.29) is 0 Å². The van der Waals surface area contributed by atoms with Gasteiger partial charge in [-0.15, -0.1) is 0 Å². The van der Waals surface area contributed by atoms with Crippen molar-refractivity contribution in [2.45, 2.75) is 31.9 Å². The predicted octanol–water partition coefficient (Wildman–Crippen LogP) is 1.97. The molecule has 9 heavy (non-hydrogen) atoms. The van der Waals surface area contributed by atoms with Crippen LogP contribution in [0.15, 0.2) is 0 Å². The average Bonchev–Trinajstić information content (AvgIpc) is 1.63. The third-order valence-electron chi connectivity index (χ3n) is 0.754. The van der Waals surface area contributed by atoms with E-state index in [0.717, 1.165) is 14.3 Å². The van der Waals surface area contributed by atoms with Gasteiger partial charge in [0.2, 0.25) is 0 Å². The molecule has 0 N–H and O–H groups in total. The van der Waals surface area contributed by atoms with Gasteiger partial charge in [-0.05, 0) is 0 Å². The van der Waals surface area contributed by atoms with Gasteiger partial charge in [0.1, 0.15) is 0 Å².